The topological polar surface area (TPSA) is 37.6 Å². The summed E-state index contributed by atoms with van der Waals surface area (Å²) < 4.78 is 0. The normalized spacial score (nSPS) is 16.5. The monoisotopic (exact) mass is 351 g/mol. The van der Waals surface area contributed by atoms with E-state index in [0.717, 1.165) is 24.5 Å². The second-order valence-electron chi connectivity index (χ2n) is 5.42. The van der Waals surface area contributed by atoms with Gasteiger partial charge in [-0.15, -0.1) is 11.6 Å². The van der Waals surface area contributed by atoms with Crippen molar-refractivity contribution in [2.75, 3.05) is 26.2 Å². The summed E-state index contributed by atoms with van der Waals surface area (Å²) >= 11 is 6.33. The van der Waals surface area contributed by atoms with Gasteiger partial charge in [0.15, 0.2) is 0 Å². The molecule has 2 heterocycles. The lowest BCUT2D eigenvalue weighted by Gasteiger charge is -2.32. The first kappa shape index (κ1) is 17.7. The van der Waals surface area contributed by atoms with Crippen LogP contribution in [0.4, 0.5) is 5.82 Å². The third kappa shape index (κ3) is 4.22. The van der Waals surface area contributed by atoms with Crippen molar-refractivity contribution in [1.82, 2.24) is 9.88 Å². The molecule has 0 aliphatic carbocycles. The number of piperazine rings is 1. The Morgan fingerprint density at radius 2 is 1.74 bits per heavy atom. The fourth-order valence-electron chi connectivity index (χ4n) is 2.75. The van der Waals surface area contributed by atoms with E-state index in [1.807, 2.05) is 59.6 Å². The molecule has 23 heavy (non-hydrogen) atoms. The van der Waals surface area contributed by atoms with Crippen LogP contribution in [0, 0.1) is 0 Å². The van der Waals surface area contributed by atoms with Crippen LogP contribution in [0.5, 0.6) is 0 Å². The number of pyridine rings is 1. The maximum atomic E-state index is 12.5. The predicted molar refractivity (Wildman–Crippen MR) is 86.2 cm³/mol. The van der Waals surface area contributed by atoms with Gasteiger partial charge in [-0.2, -0.15) is 0 Å². The van der Waals surface area contributed by atoms with Gasteiger partial charge in [-0.3, -0.25) is 9.69 Å². The lowest BCUT2D eigenvalue weighted by molar-refractivity contribution is -0.840. The van der Waals surface area contributed by atoms with Gasteiger partial charge in [-0.25, -0.2) is 4.98 Å². The molecule has 1 atom stereocenters. The van der Waals surface area contributed by atoms with E-state index in [1.54, 1.807) is 0 Å². The Labute approximate surface area is 147 Å². The summed E-state index contributed by atoms with van der Waals surface area (Å²) in [4.78, 5) is 20.1. The van der Waals surface area contributed by atoms with E-state index < -0.39 is 5.38 Å². The number of nitrogens with one attached hydrogen (secondary N) is 1. The number of hydrogen-bond acceptors (Lipinski definition) is 2. The van der Waals surface area contributed by atoms with Crippen LogP contribution >= 0.6 is 11.6 Å². The average molecular weight is 352 g/mol. The minimum Gasteiger partial charge on any atom is -1.00 e. The molecule has 1 aromatic heterocycles. The highest BCUT2D eigenvalue weighted by atomic mass is 35.5. The molecule has 0 spiro atoms. The van der Waals surface area contributed by atoms with Crippen molar-refractivity contribution in [1.29, 1.82) is 0 Å². The number of rotatable bonds is 3. The molecule has 1 fully saturated rings. The highest BCUT2D eigenvalue weighted by molar-refractivity contribution is 6.30. The molecule has 1 N–H and O–H groups in total. The van der Waals surface area contributed by atoms with E-state index in [1.165, 1.54) is 4.90 Å². The van der Waals surface area contributed by atoms with Gasteiger partial charge in [-0.1, -0.05) is 36.4 Å². The van der Waals surface area contributed by atoms with E-state index in [2.05, 4.69) is 4.98 Å². The van der Waals surface area contributed by atoms with Crippen LogP contribution in [-0.4, -0.2) is 42.0 Å². The van der Waals surface area contributed by atoms with E-state index in [4.69, 9.17) is 11.6 Å². The number of carbonyl (C=O) groups is 1. The highest BCUT2D eigenvalue weighted by Crippen LogP contribution is 2.22. The Morgan fingerprint density at radius 1 is 1.09 bits per heavy atom. The number of benzene rings is 1. The molecule has 1 aliphatic heterocycles. The second-order valence-corrected chi connectivity index (χ2v) is 5.85. The smallest absolute Gasteiger partial charge is 0.245 e. The van der Waals surface area contributed by atoms with Crippen LogP contribution in [0.25, 0.3) is 0 Å². The van der Waals surface area contributed by atoms with E-state index in [-0.39, 0.29) is 18.3 Å². The molecule has 122 valence electrons. The second kappa shape index (κ2) is 8.29. The number of alkyl halides is 1. The molecule has 1 saturated heterocycles. The molecular formula is C17H19Cl2N3O. The van der Waals surface area contributed by atoms with Crippen molar-refractivity contribution in [2.45, 2.75) is 5.38 Å². The maximum Gasteiger partial charge on any atom is 0.245 e. The Morgan fingerprint density at radius 3 is 2.35 bits per heavy atom. The van der Waals surface area contributed by atoms with Crippen LogP contribution in [0.15, 0.2) is 54.7 Å². The number of carbonyl (C=O) groups excluding carboxylic acids is 1. The predicted octanol–water partition coefficient (Wildman–Crippen LogP) is -1.58. The first-order chi connectivity index (χ1) is 10.8. The van der Waals surface area contributed by atoms with Crippen molar-refractivity contribution in [3.63, 3.8) is 0 Å². The molecule has 1 unspecified atom stereocenters. The van der Waals surface area contributed by atoms with Gasteiger partial charge in [-0.05, 0) is 11.6 Å². The SMILES string of the molecule is O=C(C(Cl)c1ccccc1)N1CC[NH+](c2ccccn2)CC1.[Cl-]. The number of hydrogen-bond donors (Lipinski definition) is 1. The number of nitrogens with zero attached hydrogens (tertiary/aromatic N) is 2. The molecule has 1 aromatic carbocycles. The number of aromatic nitrogens is 1. The third-order valence-electron chi connectivity index (χ3n) is 4.01. The van der Waals surface area contributed by atoms with Crippen LogP contribution in [0.3, 0.4) is 0 Å². The first-order valence-electron chi connectivity index (χ1n) is 7.49. The lowest BCUT2D eigenvalue weighted by Crippen LogP contribution is -3.10. The molecule has 1 amide bonds. The minimum atomic E-state index is -0.599. The molecular weight excluding hydrogens is 333 g/mol. The highest BCUT2D eigenvalue weighted by Gasteiger charge is 2.29. The van der Waals surface area contributed by atoms with Crippen molar-refractivity contribution < 1.29 is 22.1 Å². The minimum absolute atomic E-state index is 0. The molecule has 3 rings (SSSR count). The summed E-state index contributed by atoms with van der Waals surface area (Å²) in [5, 5.41) is -0.599. The summed E-state index contributed by atoms with van der Waals surface area (Å²) in [6.45, 7) is 3.14. The summed E-state index contributed by atoms with van der Waals surface area (Å²) in [6, 6.07) is 15.5. The Hall–Kier alpha value is -1.62. The molecule has 2 aromatic rings. The fourth-order valence-corrected chi connectivity index (χ4v) is 3.03. The largest absolute Gasteiger partial charge is 1.00 e. The van der Waals surface area contributed by atoms with Gasteiger partial charge in [0.2, 0.25) is 11.7 Å². The van der Waals surface area contributed by atoms with E-state index in [0.29, 0.717) is 13.1 Å². The molecule has 4 nitrogen and oxygen atoms in total. The van der Waals surface area contributed by atoms with Gasteiger partial charge in [0, 0.05) is 12.3 Å². The van der Waals surface area contributed by atoms with Crippen molar-refractivity contribution in [3.05, 3.63) is 60.3 Å². The first-order valence-corrected chi connectivity index (χ1v) is 7.93. The van der Waals surface area contributed by atoms with Crippen LogP contribution < -0.4 is 17.3 Å². The Balaban J connectivity index is 0.00000192. The summed E-state index contributed by atoms with van der Waals surface area (Å²) in [5.41, 5.74) is 0.855. The molecule has 1 aliphatic rings. The maximum absolute atomic E-state index is 12.5. The number of amides is 1. The molecule has 6 heteroatoms. The van der Waals surface area contributed by atoms with Gasteiger partial charge in [0.25, 0.3) is 0 Å². The van der Waals surface area contributed by atoms with E-state index >= 15 is 0 Å². The van der Waals surface area contributed by atoms with E-state index in [9.17, 15) is 4.79 Å². The average Bonchev–Trinajstić information content (AvgIpc) is 2.62. The summed E-state index contributed by atoms with van der Waals surface area (Å²) in [7, 11) is 0. The molecule has 0 bridgehead atoms. The number of quaternary nitrogens is 1. The molecule has 0 saturated carbocycles. The van der Waals surface area contributed by atoms with Gasteiger partial charge in [0.1, 0.15) is 18.5 Å². The zero-order valence-corrected chi connectivity index (χ0v) is 14.2. The van der Waals surface area contributed by atoms with Crippen molar-refractivity contribution >= 4 is 23.3 Å². The van der Waals surface area contributed by atoms with Crippen LogP contribution in [-0.2, 0) is 4.79 Å². The summed E-state index contributed by atoms with van der Waals surface area (Å²) in [5.74, 6) is 1.04. The Bertz CT molecular complexity index is 616. The van der Waals surface area contributed by atoms with Crippen molar-refractivity contribution in [3.8, 4) is 0 Å². The van der Waals surface area contributed by atoms with Gasteiger partial charge < -0.3 is 17.3 Å². The summed E-state index contributed by atoms with van der Waals surface area (Å²) in [6.07, 6.45) is 1.81. The lowest BCUT2D eigenvalue weighted by atomic mass is 10.1. The quantitative estimate of drug-likeness (QED) is 0.678. The van der Waals surface area contributed by atoms with Gasteiger partial charge >= 0.3 is 0 Å². The zero-order valence-electron chi connectivity index (χ0n) is 12.7. The molecule has 0 radical (unpaired) electrons. The third-order valence-corrected chi connectivity index (χ3v) is 4.45. The van der Waals surface area contributed by atoms with Crippen molar-refractivity contribution in [2.24, 2.45) is 0 Å². The zero-order chi connectivity index (χ0) is 15.4. The van der Waals surface area contributed by atoms with Gasteiger partial charge in [0.05, 0.1) is 13.1 Å². The fraction of sp³-hybridized carbons (Fsp3) is 0.294. The van der Waals surface area contributed by atoms with Crippen LogP contribution in [0.2, 0.25) is 0 Å². The Kier molecular flexibility index (Phi) is 6.39. The van der Waals surface area contributed by atoms with Crippen LogP contribution in [0.1, 0.15) is 10.9 Å². The standard InChI is InChI=1S/C17H18ClN3O.ClH/c18-16(14-6-2-1-3-7-14)17(22)21-12-10-20(11-13-21)15-8-4-5-9-19-15;/h1-9,16H,10-13H2;1H. The number of halogens is 2.